The summed E-state index contributed by atoms with van der Waals surface area (Å²) in [7, 11) is 1.60. The number of fused-ring (bicyclic) bond motifs is 1. The Morgan fingerprint density at radius 2 is 1.96 bits per heavy atom. The number of hydrogen-bond donors (Lipinski definition) is 1. The summed E-state index contributed by atoms with van der Waals surface area (Å²) < 4.78 is 22.6. The van der Waals surface area contributed by atoms with Gasteiger partial charge in [0.15, 0.2) is 17.6 Å². The fourth-order valence-corrected chi connectivity index (χ4v) is 2.89. The SMILES string of the molecule is CC#CC(CC(=O)O)c1ccc(OC[C@H]2COc3ccc(OC)cc3O2)cc1. The van der Waals surface area contributed by atoms with Crippen LogP contribution in [0.3, 0.4) is 0 Å². The molecule has 1 aliphatic heterocycles. The van der Waals surface area contributed by atoms with Gasteiger partial charge < -0.3 is 24.1 Å². The summed E-state index contributed by atoms with van der Waals surface area (Å²) in [6.45, 7) is 2.42. The molecule has 3 rings (SSSR count). The van der Waals surface area contributed by atoms with Gasteiger partial charge in [-0.05, 0) is 36.8 Å². The van der Waals surface area contributed by atoms with Crippen molar-refractivity contribution >= 4 is 5.97 Å². The van der Waals surface area contributed by atoms with Gasteiger partial charge in [0.2, 0.25) is 0 Å². The standard InChI is InChI=1S/C22H22O6/c1-3-4-16(11-22(23)24)15-5-7-17(8-6-15)26-13-19-14-27-20-10-9-18(25-2)12-21(20)28-19/h5-10,12,16,19H,11,13-14H2,1-2H3,(H,23,24)/t16?,19-/m0/s1. The molecule has 0 spiro atoms. The van der Waals surface area contributed by atoms with Crippen LogP contribution in [0.15, 0.2) is 42.5 Å². The number of benzene rings is 2. The number of methoxy groups -OCH3 is 1. The molecule has 2 atom stereocenters. The van der Waals surface area contributed by atoms with Crippen molar-refractivity contribution in [2.24, 2.45) is 0 Å². The Kier molecular flexibility index (Phi) is 6.28. The van der Waals surface area contributed by atoms with Gasteiger partial charge in [-0.15, -0.1) is 5.92 Å². The third kappa shape index (κ3) is 4.89. The predicted molar refractivity (Wildman–Crippen MR) is 103 cm³/mol. The lowest BCUT2D eigenvalue weighted by molar-refractivity contribution is -0.137. The summed E-state index contributed by atoms with van der Waals surface area (Å²) in [6.07, 6.45) is -0.276. The number of carboxylic acid groups (broad SMARTS) is 1. The van der Waals surface area contributed by atoms with Gasteiger partial charge in [0, 0.05) is 6.07 Å². The lowest BCUT2D eigenvalue weighted by Gasteiger charge is -2.26. The van der Waals surface area contributed by atoms with Crippen molar-refractivity contribution in [1.29, 1.82) is 0 Å². The topological polar surface area (TPSA) is 74.2 Å². The Morgan fingerprint density at radius 1 is 1.21 bits per heavy atom. The first-order chi connectivity index (χ1) is 13.6. The van der Waals surface area contributed by atoms with Crippen LogP contribution in [0.1, 0.15) is 24.8 Å². The molecule has 0 aromatic heterocycles. The molecule has 1 N–H and O–H groups in total. The smallest absolute Gasteiger partial charge is 0.304 e. The maximum absolute atomic E-state index is 11.0. The highest BCUT2D eigenvalue weighted by Crippen LogP contribution is 2.35. The molecule has 2 aromatic carbocycles. The van der Waals surface area contributed by atoms with E-state index in [-0.39, 0.29) is 18.4 Å². The number of aliphatic carboxylic acids is 1. The van der Waals surface area contributed by atoms with E-state index >= 15 is 0 Å². The third-order valence-electron chi connectivity index (χ3n) is 4.28. The van der Waals surface area contributed by atoms with E-state index in [1.165, 1.54) is 0 Å². The van der Waals surface area contributed by atoms with Crippen LogP contribution in [0.25, 0.3) is 0 Å². The van der Waals surface area contributed by atoms with Gasteiger partial charge in [-0.1, -0.05) is 18.1 Å². The first kappa shape index (κ1) is 19.4. The van der Waals surface area contributed by atoms with Crippen LogP contribution >= 0.6 is 0 Å². The van der Waals surface area contributed by atoms with Gasteiger partial charge in [0.05, 0.1) is 19.4 Å². The van der Waals surface area contributed by atoms with Crippen LogP contribution in [0.4, 0.5) is 0 Å². The lowest BCUT2D eigenvalue weighted by atomic mass is 9.96. The minimum Gasteiger partial charge on any atom is -0.497 e. The number of carboxylic acids is 1. The van der Waals surface area contributed by atoms with Crippen LogP contribution < -0.4 is 18.9 Å². The average Bonchev–Trinajstić information content (AvgIpc) is 2.71. The zero-order valence-corrected chi connectivity index (χ0v) is 15.8. The van der Waals surface area contributed by atoms with Gasteiger partial charge in [0.25, 0.3) is 0 Å². The molecule has 0 saturated carbocycles. The highest BCUT2D eigenvalue weighted by Gasteiger charge is 2.22. The van der Waals surface area contributed by atoms with E-state index in [9.17, 15) is 4.79 Å². The molecule has 2 aromatic rings. The fraction of sp³-hybridized carbons (Fsp3) is 0.318. The van der Waals surface area contributed by atoms with Crippen LogP contribution in [-0.4, -0.2) is 37.5 Å². The van der Waals surface area contributed by atoms with Gasteiger partial charge in [0.1, 0.15) is 24.7 Å². The molecule has 1 aliphatic rings. The summed E-state index contributed by atoms with van der Waals surface area (Å²) in [5.41, 5.74) is 0.849. The van der Waals surface area contributed by atoms with E-state index < -0.39 is 5.97 Å². The molecule has 0 radical (unpaired) electrons. The molecule has 0 fully saturated rings. The largest absolute Gasteiger partial charge is 0.497 e. The van der Waals surface area contributed by atoms with Gasteiger partial charge in [-0.25, -0.2) is 0 Å². The second-order valence-corrected chi connectivity index (χ2v) is 6.29. The predicted octanol–water partition coefficient (Wildman–Crippen LogP) is 3.50. The molecule has 0 amide bonds. The Balaban J connectivity index is 1.59. The summed E-state index contributed by atoms with van der Waals surface area (Å²) in [4.78, 5) is 11.0. The molecule has 0 saturated heterocycles. The third-order valence-corrected chi connectivity index (χ3v) is 4.28. The lowest BCUT2D eigenvalue weighted by Crippen LogP contribution is -2.34. The van der Waals surface area contributed by atoms with Crippen LogP contribution in [0.5, 0.6) is 23.0 Å². The highest BCUT2D eigenvalue weighted by molar-refractivity contribution is 5.69. The normalized spacial score (nSPS) is 15.7. The maximum atomic E-state index is 11.0. The molecule has 6 heteroatoms. The van der Waals surface area contributed by atoms with Crippen molar-refractivity contribution in [2.45, 2.75) is 25.4 Å². The first-order valence-corrected chi connectivity index (χ1v) is 8.93. The van der Waals surface area contributed by atoms with Gasteiger partial charge in [-0.2, -0.15) is 0 Å². The molecular weight excluding hydrogens is 360 g/mol. The maximum Gasteiger partial charge on any atom is 0.304 e. The number of hydrogen-bond acceptors (Lipinski definition) is 5. The molecule has 0 aliphatic carbocycles. The van der Waals surface area contributed by atoms with Gasteiger partial charge in [-0.3, -0.25) is 4.79 Å². The molecular formula is C22H22O6. The number of ether oxygens (including phenoxy) is 4. The molecule has 146 valence electrons. The first-order valence-electron chi connectivity index (χ1n) is 8.93. The van der Waals surface area contributed by atoms with Crippen LogP contribution in [-0.2, 0) is 4.79 Å². The van der Waals surface area contributed by atoms with Crippen molar-refractivity contribution < 1.29 is 28.8 Å². The highest BCUT2D eigenvalue weighted by atomic mass is 16.6. The average molecular weight is 382 g/mol. The van der Waals surface area contributed by atoms with E-state index in [1.807, 2.05) is 36.4 Å². The van der Waals surface area contributed by atoms with E-state index in [0.29, 0.717) is 36.2 Å². The van der Waals surface area contributed by atoms with E-state index in [2.05, 4.69) is 11.8 Å². The van der Waals surface area contributed by atoms with E-state index in [0.717, 1.165) is 5.56 Å². The van der Waals surface area contributed by atoms with Crippen molar-refractivity contribution in [1.82, 2.24) is 0 Å². The van der Waals surface area contributed by atoms with E-state index in [1.54, 1.807) is 20.1 Å². The number of rotatable bonds is 7. The Bertz CT molecular complexity index is 878. The minimum atomic E-state index is -0.876. The molecule has 6 nitrogen and oxygen atoms in total. The van der Waals surface area contributed by atoms with Crippen molar-refractivity contribution in [2.75, 3.05) is 20.3 Å². The molecule has 0 bridgehead atoms. The van der Waals surface area contributed by atoms with Crippen molar-refractivity contribution in [3.8, 4) is 34.8 Å². The Hall–Kier alpha value is -3.33. The van der Waals surface area contributed by atoms with Crippen molar-refractivity contribution in [3.63, 3.8) is 0 Å². The fourth-order valence-electron chi connectivity index (χ4n) is 2.89. The quantitative estimate of drug-likeness (QED) is 0.739. The Labute approximate surface area is 164 Å². The molecule has 1 unspecified atom stereocenters. The zero-order valence-electron chi connectivity index (χ0n) is 15.8. The van der Waals surface area contributed by atoms with Gasteiger partial charge >= 0.3 is 5.97 Å². The van der Waals surface area contributed by atoms with Crippen LogP contribution in [0.2, 0.25) is 0 Å². The zero-order chi connectivity index (χ0) is 19.9. The van der Waals surface area contributed by atoms with Crippen molar-refractivity contribution in [3.05, 3.63) is 48.0 Å². The molecule has 1 heterocycles. The summed E-state index contributed by atoms with van der Waals surface area (Å²) in [5.74, 6) is 7.19. The second-order valence-electron chi connectivity index (χ2n) is 6.29. The van der Waals surface area contributed by atoms with E-state index in [4.69, 9.17) is 24.1 Å². The Morgan fingerprint density at radius 3 is 2.64 bits per heavy atom. The minimum absolute atomic E-state index is 0.0306. The monoisotopic (exact) mass is 382 g/mol. The number of carbonyl (C=O) groups is 1. The second kappa shape index (κ2) is 9.05. The van der Waals surface area contributed by atoms with Crippen LogP contribution in [0, 0.1) is 11.8 Å². The summed E-state index contributed by atoms with van der Waals surface area (Å²) in [6, 6.07) is 12.7. The summed E-state index contributed by atoms with van der Waals surface area (Å²) in [5, 5.41) is 9.03. The summed E-state index contributed by atoms with van der Waals surface area (Å²) >= 11 is 0. The molecule has 28 heavy (non-hydrogen) atoms.